The molecule has 1 aromatic carbocycles. The number of benzene rings is 1. The largest absolute Gasteiger partial charge is 0.324 e. The van der Waals surface area contributed by atoms with Crippen LogP contribution in [-0.2, 0) is 0 Å². The molecule has 0 aliphatic heterocycles. The Hall–Kier alpha value is -1.56. The molecular formula is C11H8BrF2N3. The molecule has 0 fully saturated rings. The van der Waals surface area contributed by atoms with Gasteiger partial charge in [-0.05, 0) is 24.3 Å². The quantitative estimate of drug-likeness (QED) is 0.933. The average Bonchev–Trinajstić information content (AvgIpc) is 2.29. The summed E-state index contributed by atoms with van der Waals surface area (Å²) in [5, 5.41) is 2.85. The zero-order chi connectivity index (χ0) is 12.3. The van der Waals surface area contributed by atoms with E-state index in [0.29, 0.717) is 0 Å². The number of hydrogen-bond donors (Lipinski definition) is 1. The molecule has 0 aliphatic carbocycles. The van der Waals surface area contributed by atoms with E-state index in [0.717, 1.165) is 10.2 Å². The summed E-state index contributed by atoms with van der Waals surface area (Å²) < 4.78 is 25.7. The molecule has 0 radical (unpaired) electrons. The van der Waals surface area contributed by atoms with Gasteiger partial charge in [0.2, 0.25) is 5.95 Å². The summed E-state index contributed by atoms with van der Waals surface area (Å²) in [6.45, 7) is 0. The second-order valence-electron chi connectivity index (χ2n) is 3.24. The van der Waals surface area contributed by atoms with Crippen LogP contribution in [0.25, 0.3) is 0 Å². The van der Waals surface area contributed by atoms with E-state index in [1.54, 1.807) is 12.1 Å². The second-order valence-corrected chi connectivity index (χ2v) is 4.16. The van der Waals surface area contributed by atoms with Gasteiger partial charge in [0.25, 0.3) is 6.43 Å². The molecule has 0 spiro atoms. The van der Waals surface area contributed by atoms with Crippen molar-refractivity contribution >= 4 is 27.6 Å². The molecule has 2 rings (SSSR count). The normalized spacial score (nSPS) is 10.6. The molecule has 1 aromatic heterocycles. The third-order valence-corrected chi connectivity index (χ3v) is 2.47. The molecule has 17 heavy (non-hydrogen) atoms. The van der Waals surface area contributed by atoms with Crippen molar-refractivity contribution in [3.8, 4) is 0 Å². The van der Waals surface area contributed by atoms with Gasteiger partial charge in [0.15, 0.2) is 0 Å². The van der Waals surface area contributed by atoms with E-state index in [2.05, 4.69) is 31.2 Å². The lowest BCUT2D eigenvalue weighted by atomic mass is 10.3. The lowest BCUT2D eigenvalue weighted by Crippen LogP contribution is -1.99. The minimum absolute atomic E-state index is 0.154. The lowest BCUT2D eigenvalue weighted by Gasteiger charge is -2.06. The molecule has 0 aliphatic rings. The van der Waals surface area contributed by atoms with E-state index in [4.69, 9.17) is 0 Å². The van der Waals surface area contributed by atoms with E-state index >= 15 is 0 Å². The number of nitrogens with zero attached hydrogens (tertiary/aromatic N) is 2. The van der Waals surface area contributed by atoms with Crippen LogP contribution in [0.15, 0.2) is 41.0 Å². The molecule has 0 unspecified atom stereocenters. The van der Waals surface area contributed by atoms with Crippen molar-refractivity contribution < 1.29 is 8.78 Å². The van der Waals surface area contributed by atoms with Crippen molar-refractivity contribution in [1.29, 1.82) is 0 Å². The maximum absolute atomic E-state index is 12.4. The summed E-state index contributed by atoms with van der Waals surface area (Å²) in [5.74, 6) is 0.154. The first kappa shape index (κ1) is 11.9. The maximum atomic E-state index is 12.4. The van der Waals surface area contributed by atoms with Gasteiger partial charge >= 0.3 is 0 Å². The molecule has 88 valence electrons. The van der Waals surface area contributed by atoms with Crippen LogP contribution in [0.2, 0.25) is 0 Å². The smallest absolute Gasteiger partial charge is 0.280 e. The molecule has 6 heteroatoms. The van der Waals surface area contributed by atoms with E-state index < -0.39 is 6.43 Å². The van der Waals surface area contributed by atoms with Gasteiger partial charge in [-0.25, -0.2) is 18.7 Å². The van der Waals surface area contributed by atoms with Crippen LogP contribution in [0.1, 0.15) is 12.1 Å². The third-order valence-electron chi connectivity index (χ3n) is 1.98. The van der Waals surface area contributed by atoms with E-state index in [-0.39, 0.29) is 11.6 Å². The molecule has 2 aromatic rings. The van der Waals surface area contributed by atoms with E-state index in [1.807, 2.05) is 12.1 Å². The maximum Gasteiger partial charge on any atom is 0.280 e. The van der Waals surface area contributed by atoms with E-state index in [1.165, 1.54) is 12.3 Å². The number of halogens is 3. The molecule has 1 N–H and O–H groups in total. The minimum atomic E-state index is -2.60. The summed E-state index contributed by atoms with van der Waals surface area (Å²) in [7, 11) is 0. The minimum Gasteiger partial charge on any atom is -0.324 e. The molecule has 0 bridgehead atoms. The fourth-order valence-electron chi connectivity index (χ4n) is 1.25. The zero-order valence-corrected chi connectivity index (χ0v) is 10.2. The number of nitrogens with one attached hydrogen (secondary N) is 1. The number of hydrogen-bond acceptors (Lipinski definition) is 3. The van der Waals surface area contributed by atoms with Crippen LogP contribution in [-0.4, -0.2) is 9.97 Å². The first-order valence-corrected chi connectivity index (χ1v) is 5.58. The van der Waals surface area contributed by atoms with Crippen LogP contribution >= 0.6 is 15.9 Å². The first-order chi connectivity index (χ1) is 8.15. The zero-order valence-electron chi connectivity index (χ0n) is 8.57. The van der Waals surface area contributed by atoms with Crippen LogP contribution in [0.5, 0.6) is 0 Å². The van der Waals surface area contributed by atoms with Gasteiger partial charge < -0.3 is 5.32 Å². The standard InChI is InChI=1S/C11H8BrF2N3/c12-7-2-1-3-8(6-7)16-11-15-5-4-9(17-11)10(13)14/h1-6,10H,(H,15,16,17). The topological polar surface area (TPSA) is 37.8 Å². The highest BCUT2D eigenvalue weighted by Gasteiger charge is 2.09. The van der Waals surface area contributed by atoms with Crippen LogP contribution in [0, 0.1) is 0 Å². The van der Waals surface area contributed by atoms with Crippen molar-refractivity contribution in [1.82, 2.24) is 9.97 Å². The van der Waals surface area contributed by atoms with Gasteiger partial charge in [0.05, 0.1) is 0 Å². The van der Waals surface area contributed by atoms with Gasteiger partial charge in [-0.15, -0.1) is 0 Å². The summed E-state index contributed by atoms with van der Waals surface area (Å²) in [5.41, 5.74) is 0.434. The van der Waals surface area contributed by atoms with Gasteiger partial charge in [-0.2, -0.15) is 0 Å². The van der Waals surface area contributed by atoms with Crippen molar-refractivity contribution in [2.24, 2.45) is 0 Å². The Morgan fingerprint density at radius 2 is 2.06 bits per heavy atom. The predicted molar refractivity (Wildman–Crippen MR) is 64.4 cm³/mol. The van der Waals surface area contributed by atoms with Crippen molar-refractivity contribution in [2.75, 3.05) is 5.32 Å². The Balaban J connectivity index is 2.21. The van der Waals surface area contributed by atoms with Crippen molar-refractivity contribution in [3.63, 3.8) is 0 Å². The molecule has 1 heterocycles. The molecule has 3 nitrogen and oxygen atoms in total. The van der Waals surface area contributed by atoms with Crippen molar-refractivity contribution in [3.05, 3.63) is 46.7 Å². The number of alkyl halides is 2. The van der Waals surface area contributed by atoms with Gasteiger partial charge in [0.1, 0.15) is 5.69 Å². The summed E-state index contributed by atoms with van der Waals surface area (Å²) in [6.07, 6.45) is -1.30. The van der Waals surface area contributed by atoms with Gasteiger partial charge in [-0.1, -0.05) is 22.0 Å². The Morgan fingerprint density at radius 1 is 1.24 bits per heavy atom. The summed E-state index contributed by atoms with van der Waals surface area (Å²) in [4.78, 5) is 7.59. The Bertz CT molecular complexity index is 520. The second kappa shape index (κ2) is 5.18. The van der Waals surface area contributed by atoms with Gasteiger partial charge in [0, 0.05) is 16.4 Å². The molecule has 0 amide bonds. The molecule has 0 saturated carbocycles. The van der Waals surface area contributed by atoms with Crippen LogP contribution in [0.3, 0.4) is 0 Å². The van der Waals surface area contributed by atoms with Crippen LogP contribution in [0.4, 0.5) is 20.4 Å². The highest BCUT2D eigenvalue weighted by molar-refractivity contribution is 9.10. The SMILES string of the molecule is FC(F)c1ccnc(Nc2cccc(Br)c2)n1. The Morgan fingerprint density at radius 3 is 2.76 bits per heavy atom. The highest BCUT2D eigenvalue weighted by atomic mass is 79.9. The monoisotopic (exact) mass is 299 g/mol. The molecule has 0 atom stereocenters. The van der Waals surface area contributed by atoms with Gasteiger partial charge in [-0.3, -0.25) is 0 Å². The summed E-state index contributed by atoms with van der Waals surface area (Å²) in [6, 6.07) is 8.48. The fraction of sp³-hybridized carbons (Fsp3) is 0.0909. The number of rotatable bonds is 3. The fourth-order valence-corrected chi connectivity index (χ4v) is 1.65. The Kier molecular flexibility index (Phi) is 3.63. The predicted octanol–water partition coefficient (Wildman–Crippen LogP) is 3.92. The van der Waals surface area contributed by atoms with Crippen LogP contribution < -0.4 is 5.32 Å². The molecule has 0 saturated heterocycles. The third kappa shape index (κ3) is 3.20. The first-order valence-electron chi connectivity index (χ1n) is 4.79. The number of aromatic nitrogens is 2. The average molecular weight is 300 g/mol. The van der Waals surface area contributed by atoms with Crippen molar-refractivity contribution in [2.45, 2.75) is 6.43 Å². The Labute approximate surface area is 105 Å². The van der Waals surface area contributed by atoms with E-state index in [9.17, 15) is 8.78 Å². The summed E-state index contributed by atoms with van der Waals surface area (Å²) >= 11 is 3.31. The lowest BCUT2D eigenvalue weighted by molar-refractivity contribution is 0.146. The number of anilines is 2. The molecular weight excluding hydrogens is 292 g/mol. The highest BCUT2D eigenvalue weighted by Crippen LogP contribution is 2.20.